The van der Waals surface area contributed by atoms with Gasteiger partial charge in [-0.1, -0.05) is 0 Å². The molecule has 0 amide bonds. The molecule has 6 rings (SSSR count). The summed E-state index contributed by atoms with van der Waals surface area (Å²) in [5.74, 6) is -2.68. The number of aromatic amines is 1. The lowest BCUT2D eigenvalue weighted by Crippen LogP contribution is -2.26. The normalized spacial score (nSPS) is 16.5. The predicted octanol–water partition coefficient (Wildman–Crippen LogP) is 4.03. The van der Waals surface area contributed by atoms with Gasteiger partial charge in [-0.15, -0.1) is 0 Å². The molecule has 1 saturated heterocycles. The van der Waals surface area contributed by atoms with E-state index in [2.05, 4.69) is 30.0 Å². The minimum absolute atomic E-state index is 0.0819. The van der Waals surface area contributed by atoms with Crippen LogP contribution in [0.2, 0.25) is 0 Å². The number of fused-ring (bicyclic) bond motifs is 2. The smallest absolute Gasteiger partial charge is 0.475 e. The molecule has 0 spiro atoms. The summed E-state index contributed by atoms with van der Waals surface area (Å²) in [5.41, 5.74) is 3.62. The van der Waals surface area contributed by atoms with Gasteiger partial charge in [0.05, 0.1) is 17.9 Å². The number of carboxylic acids is 1. The third kappa shape index (κ3) is 4.99. The Hall–Kier alpha value is -4.56. The number of nitrogens with one attached hydrogen (secondary N) is 1. The molecule has 0 radical (unpaired) electrons. The summed E-state index contributed by atoms with van der Waals surface area (Å²) in [5, 5.41) is 12.5. The summed E-state index contributed by atoms with van der Waals surface area (Å²) in [6.07, 6.45) is 4.36. The van der Waals surface area contributed by atoms with E-state index in [1.54, 1.807) is 17.1 Å². The highest BCUT2D eigenvalue weighted by atomic mass is 19.4. The Labute approximate surface area is 211 Å². The van der Waals surface area contributed by atoms with E-state index in [4.69, 9.17) is 14.3 Å². The van der Waals surface area contributed by atoms with Gasteiger partial charge >= 0.3 is 12.1 Å². The number of pyridine rings is 1. The van der Waals surface area contributed by atoms with Crippen LogP contribution in [0.5, 0.6) is 0 Å². The first-order valence-corrected chi connectivity index (χ1v) is 11.4. The van der Waals surface area contributed by atoms with Gasteiger partial charge in [0.1, 0.15) is 24.2 Å². The summed E-state index contributed by atoms with van der Waals surface area (Å²) in [4.78, 5) is 31.4. The van der Waals surface area contributed by atoms with Crippen molar-refractivity contribution in [3.05, 3.63) is 49.3 Å². The summed E-state index contributed by atoms with van der Waals surface area (Å²) in [7, 11) is 0. The van der Waals surface area contributed by atoms with Crippen LogP contribution in [0.15, 0.2) is 53.7 Å². The molecule has 0 aromatic carbocycles. The highest BCUT2D eigenvalue weighted by Crippen LogP contribution is 2.33. The number of aliphatic carboxylic acids is 1. The summed E-state index contributed by atoms with van der Waals surface area (Å²) < 4.78 is 53.4. The van der Waals surface area contributed by atoms with Crippen molar-refractivity contribution in [2.75, 3.05) is 24.7 Å². The van der Waals surface area contributed by atoms with Gasteiger partial charge in [0.25, 0.3) is 6.01 Å². The van der Waals surface area contributed by atoms with Gasteiger partial charge in [-0.3, -0.25) is 4.68 Å². The molecule has 5 aromatic heterocycles. The summed E-state index contributed by atoms with van der Waals surface area (Å²) in [6, 6.07) is 5.79. The predicted molar refractivity (Wildman–Crippen MR) is 126 cm³/mol. The lowest BCUT2D eigenvalue weighted by molar-refractivity contribution is -0.192. The Morgan fingerprint density at radius 2 is 2.08 bits per heavy atom. The van der Waals surface area contributed by atoms with E-state index in [1.807, 2.05) is 35.5 Å². The van der Waals surface area contributed by atoms with Crippen LogP contribution in [0.4, 0.5) is 23.6 Å². The summed E-state index contributed by atoms with van der Waals surface area (Å²) in [6.45, 7) is 0.891. The summed E-state index contributed by atoms with van der Waals surface area (Å²) >= 11 is 0. The SMILES string of the molecule is FCC(C1CCN(c2nc3cccnc3o2)C1)n1cc(-c2ncnc3[nH]ccc23)cn1.O=C(O)C(F)(F)F. The topological polar surface area (TPSA) is 139 Å². The minimum Gasteiger partial charge on any atom is -0.475 e. The third-order valence-electron chi connectivity index (χ3n) is 6.16. The van der Waals surface area contributed by atoms with Crippen LogP contribution in [0.25, 0.3) is 33.5 Å². The van der Waals surface area contributed by atoms with Crippen LogP contribution >= 0.6 is 0 Å². The van der Waals surface area contributed by atoms with Crippen molar-refractivity contribution in [2.45, 2.75) is 18.6 Å². The molecular formula is C23H20F4N8O3. The Morgan fingerprint density at radius 1 is 1.26 bits per heavy atom. The fourth-order valence-electron chi connectivity index (χ4n) is 4.33. The van der Waals surface area contributed by atoms with Gasteiger partial charge in [0, 0.05) is 48.5 Å². The third-order valence-corrected chi connectivity index (χ3v) is 6.16. The number of hydrogen-bond acceptors (Lipinski definition) is 8. The Kier molecular flexibility index (Phi) is 6.65. The monoisotopic (exact) mass is 532 g/mol. The number of anilines is 1. The van der Waals surface area contributed by atoms with Crippen LogP contribution in [-0.2, 0) is 4.79 Å². The largest absolute Gasteiger partial charge is 0.490 e. The molecule has 2 unspecified atom stereocenters. The van der Waals surface area contributed by atoms with Crippen molar-refractivity contribution in [3.63, 3.8) is 0 Å². The first-order valence-electron chi connectivity index (χ1n) is 11.4. The van der Waals surface area contributed by atoms with Crippen molar-refractivity contribution in [1.29, 1.82) is 0 Å². The second kappa shape index (κ2) is 10.1. The first kappa shape index (κ1) is 25.1. The second-order valence-electron chi connectivity index (χ2n) is 8.51. The number of alkyl halides is 4. The van der Waals surface area contributed by atoms with Crippen molar-refractivity contribution >= 4 is 34.2 Å². The molecule has 38 heavy (non-hydrogen) atoms. The highest BCUT2D eigenvalue weighted by Gasteiger charge is 2.38. The fraction of sp³-hybridized carbons (Fsp3) is 0.304. The van der Waals surface area contributed by atoms with Gasteiger partial charge in [0.15, 0.2) is 0 Å². The number of halogens is 4. The maximum Gasteiger partial charge on any atom is 0.490 e. The average Bonchev–Trinajstić information content (AvgIpc) is 3.70. The van der Waals surface area contributed by atoms with Crippen LogP contribution in [0, 0.1) is 5.92 Å². The fourth-order valence-corrected chi connectivity index (χ4v) is 4.33. The second-order valence-corrected chi connectivity index (χ2v) is 8.51. The molecule has 15 heteroatoms. The number of nitrogens with zero attached hydrogens (tertiary/aromatic N) is 7. The van der Waals surface area contributed by atoms with Crippen molar-refractivity contribution < 1.29 is 31.9 Å². The van der Waals surface area contributed by atoms with Crippen molar-refractivity contribution in [2.24, 2.45) is 5.92 Å². The van der Waals surface area contributed by atoms with Crippen LogP contribution in [-0.4, -0.2) is 71.7 Å². The zero-order valence-electron chi connectivity index (χ0n) is 19.5. The Bertz CT molecular complexity index is 1530. The highest BCUT2D eigenvalue weighted by molar-refractivity contribution is 5.90. The van der Waals surface area contributed by atoms with Crippen molar-refractivity contribution in [1.82, 2.24) is 34.7 Å². The quantitative estimate of drug-likeness (QED) is 0.321. The number of carboxylic acid groups (broad SMARTS) is 1. The van der Waals surface area contributed by atoms with E-state index in [1.165, 1.54) is 6.33 Å². The minimum atomic E-state index is -5.08. The Morgan fingerprint density at radius 3 is 2.82 bits per heavy atom. The average molecular weight is 532 g/mol. The van der Waals surface area contributed by atoms with Crippen LogP contribution in [0.1, 0.15) is 12.5 Å². The number of H-pyrrole nitrogens is 1. The van der Waals surface area contributed by atoms with Crippen LogP contribution in [0.3, 0.4) is 0 Å². The van der Waals surface area contributed by atoms with E-state index in [0.717, 1.165) is 40.8 Å². The maximum absolute atomic E-state index is 14.1. The molecule has 2 N–H and O–H groups in total. The van der Waals surface area contributed by atoms with Gasteiger partial charge in [-0.25, -0.2) is 24.1 Å². The lowest BCUT2D eigenvalue weighted by Gasteiger charge is -2.21. The molecule has 2 atom stereocenters. The zero-order chi connectivity index (χ0) is 26.9. The molecule has 198 valence electrons. The molecule has 1 aliphatic rings. The maximum atomic E-state index is 14.1. The van der Waals surface area contributed by atoms with Gasteiger partial charge in [-0.2, -0.15) is 23.3 Å². The van der Waals surface area contributed by atoms with E-state index < -0.39 is 18.8 Å². The molecule has 0 aliphatic carbocycles. The van der Waals surface area contributed by atoms with Crippen molar-refractivity contribution in [3.8, 4) is 11.3 Å². The molecule has 1 aliphatic heterocycles. The number of aromatic nitrogens is 7. The molecule has 0 saturated carbocycles. The molecule has 6 heterocycles. The van der Waals surface area contributed by atoms with Gasteiger partial charge in [-0.05, 0) is 24.6 Å². The van der Waals surface area contributed by atoms with E-state index in [9.17, 15) is 17.6 Å². The Balaban J connectivity index is 0.000000374. The van der Waals surface area contributed by atoms with E-state index in [-0.39, 0.29) is 12.0 Å². The molecule has 5 aromatic rings. The standard InChI is InChI=1S/C21H19FN8O.C2HF3O2/c22-8-17(13-4-7-29(10-13)21-28-16-2-1-5-24-20(16)31-21)30-11-14(9-27-30)18-15-3-6-23-19(15)26-12-25-18;3-2(4,5)1(6)7/h1-3,5-6,9,11-13,17H,4,7-8,10H2,(H,23,25,26);(H,6,7). The van der Waals surface area contributed by atoms with Gasteiger partial charge < -0.3 is 19.4 Å². The van der Waals surface area contributed by atoms with E-state index >= 15 is 0 Å². The first-order chi connectivity index (χ1) is 18.2. The van der Waals surface area contributed by atoms with Gasteiger partial charge in [0.2, 0.25) is 5.71 Å². The number of oxazole rings is 1. The van der Waals surface area contributed by atoms with E-state index in [0.29, 0.717) is 18.3 Å². The molecular weight excluding hydrogens is 512 g/mol. The number of hydrogen-bond donors (Lipinski definition) is 2. The zero-order valence-corrected chi connectivity index (χ0v) is 19.5. The number of carbonyl (C=O) groups is 1. The van der Waals surface area contributed by atoms with Crippen LogP contribution < -0.4 is 4.90 Å². The number of rotatable bonds is 5. The lowest BCUT2D eigenvalue weighted by atomic mass is 10.0. The molecule has 0 bridgehead atoms. The molecule has 1 fully saturated rings. The molecule has 11 nitrogen and oxygen atoms in total.